The molecule has 1 aromatic rings. The molecule has 1 aromatic carbocycles. The van der Waals surface area contributed by atoms with Crippen LogP contribution in [0.4, 0.5) is 10.5 Å². The molecule has 22 heavy (non-hydrogen) atoms. The van der Waals surface area contributed by atoms with E-state index in [2.05, 4.69) is 23.1 Å². The summed E-state index contributed by atoms with van der Waals surface area (Å²) in [7, 11) is 0. The average Bonchev–Trinajstić information content (AvgIpc) is 2.92. The average molecular weight is 476 g/mol. The van der Waals surface area contributed by atoms with Gasteiger partial charge in [0.25, 0.3) is 0 Å². The third-order valence-corrected chi connectivity index (χ3v) is 3.50. The summed E-state index contributed by atoms with van der Waals surface area (Å²) >= 11 is 0. The smallest absolute Gasteiger partial charge is 0.325 e. The fraction of sp³-hybridized carbons (Fsp3) is 0.467. The van der Waals surface area contributed by atoms with Crippen LogP contribution in [-0.4, -0.2) is 23.4 Å². The second kappa shape index (κ2) is 8.28. The second-order valence-electron chi connectivity index (χ2n) is 4.69. The van der Waals surface area contributed by atoms with Gasteiger partial charge in [-0.3, -0.25) is 10.1 Å². The maximum absolute atomic E-state index is 11.8. The number of amides is 3. The minimum Gasteiger partial charge on any atom is -0.620 e. The van der Waals surface area contributed by atoms with Crippen molar-refractivity contribution < 1.29 is 30.0 Å². The van der Waals surface area contributed by atoms with Gasteiger partial charge >= 0.3 is 6.03 Å². The molecule has 1 atom stereocenters. The van der Waals surface area contributed by atoms with Crippen LogP contribution < -0.4 is 10.7 Å². The minimum atomic E-state index is -0.364. The number of hydrogen-bond acceptors (Lipinski definition) is 3. The van der Waals surface area contributed by atoms with Crippen LogP contribution >= 0.6 is 0 Å². The van der Waals surface area contributed by atoms with Crippen LogP contribution in [0.1, 0.15) is 44.5 Å². The normalized spacial score (nSPS) is 19.2. The third kappa shape index (κ3) is 3.67. The van der Waals surface area contributed by atoms with Crippen LogP contribution in [0.15, 0.2) is 18.2 Å². The molecule has 3 amide bonds. The molecule has 121 valence electrons. The first kappa shape index (κ1) is 18.6. The zero-order chi connectivity index (χ0) is 15.4. The Morgan fingerprint density at radius 1 is 1.32 bits per heavy atom. The van der Waals surface area contributed by atoms with E-state index in [0.29, 0.717) is 13.0 Å². The van der Waals surface area contributed by atoms with Gasteiger partial charge in [0.05, 0.1) is 6.17 Å². The van der Waals surface area contributed by atoms with Crippen LogP contribution in [0.5, 0.6) is 0 Å². The largest absolute Gasteiger partial charge is 0.620 e. The number of nitrogens with zero attached hydrogens (tertiary/aromatic N) is 2. The predicted molar refractivity (Wildman–Crippen MR) is 80.9 cm³/mol. The maximum Gasteiger partial charge on any atom is 0.325 e. The molecule has 0 aromatic heterocycles. The summed E-state index contributed by atoms with van der Waals surface area (Å²) in [5.74, 6) is -0.224. The number of benzene rings is 1. The molecule has 1 radical (unpaired) electrons. The van der Waals surface area contributed by atoms with E-state index in [4.69, 9.17) is 0 Å². The van der Waals surface area contributed by atoms with Gasteiger partial charge in [-0.15, -0.1) is 5.69 Å². The number of aryl methyl sites for hydroxylation is 1. The molecular formula is C15H21N4O2Re-. The number of nitrogens with one attached hydrogen (secondary N) is 2. The Balaban J connectivity index is 0.000000775. The molecule has 0 bridgehead atoms. The fourth-order valence-electron chi connectivity index (χ4n) is 2.40. The number of hydrogen-bond donors (Lipinski definition) is 2. The number of carbonyl (C=O) groups is 2. The predicted octanol–water partition coefficient (Wildman–Crippen LogP) is 2.74. The van der Waals surface area contributed by atoms with Gasteiger partial charge in [-0.2, -0.15) is 0 Å². The van der Waals surface area contributed by atoms with Gasteiger partial charge in [-0.1, -0.05) is 39.0 Å². The Hall–Kier alpha value is -1.42. The molecule has 2 N–H and O–H groups in total. The van der Waals surface area contributed by atoms with Crippen molar-refractivity contribution in [3.05, 3.63) is 34.8 Å². The van der Waals surface area contributed by atoms with Gasteiger partial charge in [0.2, 0.25) is 5.91 Å². The molecule has 3 rings (SSSR count). The summed E-state index contributed by atoms with van der Waals surface area (Å²) < 4.78 is 0. The van der Waals surface area contributed by atoms with Gasteiger partial charge in [0.15, 0.2) is 0 Å². The van der Waals surface area contributed by atoms with E-state index in [-0.39, 0.29) is 38.5 Å². The first-order valence-corrected chi connectivity index (χ1v) is 7.38. The molecule has 2 heterocycles. The molecule has 2 aliphatic rings. The van der Waals surface area contributed by atoms with Crippen molar-refractivity contribution in [1.82, 2.24) is 15.6 Å². The van der Waals surface area contributed by atoms with Crippen LogP contribution in [0, 0.1) is 0 Å². The molecule has 1 fully saturated rings. The molecule has 2 aliphatic heterocycles. The van der Waals surface area contributed by atoms with Crippen LogP contribution in [0.25, 0.3) is 5.43 Å². The number of urea groups is 1. The van der Waals surface area contributed by atoms with Crippen LogP contribution in [0.3, 0.4) is 0 Å². The zero-order valence-electron chi connectivity index (χ0n) is 13.0. The number of fused-ring (bicyclic) bond motifs is 1. The van der Waals surface area contributed by atoms with Crippen molar-refractivity contribution >= 4 is 17.6 Å². The second-order valence-corrected chi connectivity index (χ2v) is 4.69. The van der Waals surface area contributed by atoms with E-state index < -0.39 is 0 Å². The van der Waals surface area contributed by atoms with Crippen molar-refractivity contribution in [2.75, 3.05) is 6.54 Å². The summed E-state index contributed by atoms with van der Waals surface area (Å²) in [4.78, 5) is 24.6. The van der Waals surface area contributed by atoms with Gasteiger partial charge in [0, 0.05) is 33.4 Å². The van der Waals surface area contributed by atoms with Crippen molar-refractivity contribution in [2.24, 2.45) is 0 Å². The van der Waals surface area contributed by atoms with Gasteiger partial charge in [-0.05, 0) is 17.5 Å². The van der Waals surface area contributed by atoms with Crippen molar-refractivity contribution in [3.63, 3.8) is 0 Å². The Bertz CT molecular complexity index is 550. The molecule has 0 saturated carbocycles. The van der Waals surface area contributed by atoms with Crippen LogP contribution in [0.2, 0.25) is 0 Å². The topological polar surface area (TPSA) is 75.5 Å². The molecule has 0 aliphatic carbocycles. The van der Waals surface area contributed by atoms with Crippen molar-refractivity contribution in [1.29, 1.82) is 0 Å². The first-order chi connectivity index (χ1) is 10.2. The monoisotopic (exact) mass is 476 g/mol. The maximum atomic E-state index is 11.8. The van der Waals surface area contributed by atoms with E-state index in [0.717, 1.165) is 17.7 Å². The van der Waals surface area contributed by atoms with Gasteiger partial charge in [-0.25, -0.2) is 4.79 Å². The molecule has 7 heteroatoms. The molecular weight excluding hydrogens is 454 g/mol. The third-order valence-electron chi connectivity index (χ3n) is 3.50. The first-order valence-electron chi connectivity index (χ1n) is 7.38. The summed E-state index contributed by atoms with van der Waals surface area (Å²) in [5.41, 5.74) is 10.3. The molecule has 0 spiro atoms. The number of imide groups is 1. The van der Waals surface area contributed by atoms with Crippen LogP contribution in [-0.2, 0) is 31.6 Å². The Labute approximate surface area is 144 Å². The summed E-state index contributed by atoms with van der Waals surface area (Å²) in [6, 6.07) is 5.69. The Morgan fingerprint density at radius 2 is 2.05 bits per heavy atom. The van der Waals surface area contributed by atoms with E-state index >= 15 is 0 Å². The van der Waals surface area contributed by atoms with E-state index in [1.807, 2.05) is 32.0 Å². The van der Waals surface area contributed by atoms with Gasteiger partial charge < -0.3 is 15.8 Å². The van der Waals surface area contributed by atoms with E-state index in [1.165, 1.54) is 5.56 Å². The van der Waals surface area contributed by atoms with Gasteiger partial charge in [0.1, 0.15) is 0 Å². The summed E-state index contributed by atoms with van der Waals surface area (Å²) in [6.07, 6.45) is 0.993. The Morgan fingerprint density at radius 3 is 2.68 bits per heavy atom. The zero-order valence-corrected chi connectivity index (χ0v) is 15.7. The summed E-state index contributed by atoms with van der Waals surface area (Å²) in [6.45, 7) is 6.50. The fourth-order valence-corrected chi connectivity index (χ4v) is 2.40. The number of carbonyl (C=O) groups excluding carboxylic acids is 2. The molecule has 6 nitrogen and oxygen atoms in total. The van der Waals surface area contributed by atoms with E-state index in [1.54, 1.807) is 4.90 Å². The standard InChI is InChI=1S/C13H15N4O2.C2H6.Re/c1-2-8-3-4-9-10(7-8)15-16-12(9)17-6-5-11(18)14-13(17)19;1-2;/h3-4,7,12,16H,2,5-6H2,1H3,(H,14,18,19);1-2H3;/q-1;;. The van der Waals surface area contributed by atoms with Crippen molar-refractivity contribution in [2.45, 2.75) is 39.8 Å². The van der Waals surface area contributed by atoms with E-state index in [9.17, 15) is 9.59 Å². The molecule has 1 unspecified atom stereocenters. The Kier molecular flexibility index (Phi) is 7.01. The quantitative estimate of drug-likeness (QED) is 0.691. The molecule has 1 saturated heterocycles. The summed E-state index contributed by atoms with van der Waals surface area (Å²) in [5, 5.41) is 2.33. The van der Waals surface area contributed by atoms with Crippen molar-refractivity contribution in [3.8, 4) is 0 Å². The number of rotatable bonds is 2. The SMILES string of the molecule is CC.CCc1ccc2c(c1)[N-]NC2N1CCC(=O)NC1=O.[Re]. The minimum absolute atomic E-state index is 0.